The predicted octanol–water partition coefficient (Wildman–Crippen LogP) is 2.37. The average molecular weight is 302 g/mol. The highest BCUT2D eigenvalue weighted by Crippen LogP contribution is 2.22. The molecule has 1 rings (SSSR count). The van der Waals surface area contributed by atoms with Crippen molar-refractivity contribution >= 4 is 23.8 Å². The second-order valence-corrected chi connectivity index (χ2v) is 6.50. The monoisotopic (exact) mass is 302 g/mol. The number of likely N-dealkylation sites (tertiary alicyclic amines) is 1. The van der Waals surface area contributed by atoms with Gasteiger partial charge in [0.25, 0.3) is 0 Å². The third kappa shape index (κ3) is 5.23. The van der Waals surface area contributed by atoms with E-state index < -0.39 is 5.97 Å². The van der Waals surface area contributed by atoms with Crippen LogP contribution in [-0.4, -0.2) is 65.1 Å². The molecule has 0 spiro atoms. The minimum atomic E-state index is -0.751. The lowest BCUT2D eigenvalue weighted by Crippen LogP contribution is -2.49. The fraction of sp³-hybridized carbons (Fsp3) is 0.857. The molecule has 1 fully saturated rings. The van der Waals surface area contributed by atoms with Crippen LogP contribution in [0.15, 0.2) is 0 Å². The molecule has 20 heavy (non-hydrogen) atoms. The molecule has 0 aromatic rings. The molecule has 1 aliphatic heterocycles. The second kappa shape index (κ2) is 8.39. The number of carbonyl (C=O) groups excluding carboxylic acids is 1. The number of thioether (sulfide) groups is 1. The molecule has 5 nitrogen and oxygen atoms in total. The van der Waals surface area contributed by atoms with Crippen LogP contribution in [0.4, 0.5) is 4.79 Å². The van der Waals surface area contributed by atoms with Crippen LogP contribution in [0.3, 0.4) is 0 Å². The largest absolute Gasteiger partial charge is 0.481 e. The average Bonchev–Trinajstić information content (AvgIpc) is 2.44. The van der Waals surface area contributed by atoms with E-state index in [0.29, 0.717) is 18.9 Å². The number of carboxylic acid groups (broad SMARTS) is 1. The Hall–Kier alpha value is -0.910. The molecule has 1 heterocycles. The Morgan fingerprint density at radius 3 is 2.80 bits per heavy atom. The van der Waals surface area contributed by atoms with Gasteiger partial charge in [-0.05, 0) is 38.4 Å². The summed E-state index contributed by atoms with van der Waals surface area (Å²) in [5.74, 6) is 0.505. The van der Waals surface area contributed by atoms with Gasteiger partial charge in [0.2, 0.25) is 0 Å². The van der Waals surface area contributed by atoms with Crippen LogP contribution >= 0.6 is 11.8 Å². The fourth-order valence-corrected chi connectivity index (χ4v) is 3.27. The second-order valence-electron chi connectivity index (χ2n) is 5.58. The SMILES string of the molecule is CSCC(C)N(C)C(=O)N1CCCC(CCC(=O)O)C1. The molecule has 2 unspecified atom stereocenters. The maximum absolute atomic E-state index is 12.4. The van der Waals surface area contributed by atoms with Gasteiger partial charge in [-0.15, -0.1) is 0 Å². The maximum Gasteiger partial charge on any atom is 0.320 e. The zero-order valence-corrected chi connectivity index (χ0v) is 13.5. The van der Waals surface area contributed by atoms with Crippen molar-refractivity contribution in [3.8, 4) is 0 Å². The summed E-state index contributed by atoms with van der Waals surface area (Å²) in [5.41, 5.74) is 0. The molecule has 1 N–H and O–H groups in total. The summed E-state index contributed by atoms with van der Waals surface area (Å²) in [5, 5.41) is 8.75. The third-order valence-electron chi connectivity index (χ3n) is 3.93. The van der Waals surface area contributed by atoms with Crippen LogP contribution in [0.25, 0.3) is 0 Å². The third-order valence-corrected chi connectivity index (χ3v) is 4.74. The summed E-state index contributed by atoms with van der Waals surface area (Å²) < 4.78 is 0. The summed E-state index contributed by atoms with van der Waals surface area (Å²) in [6, 6.07) is 0.295. The molecular formula is C14H26N2O3S. The molecule has 0 aliphatic carbocycles. The molecule has 1 saturated heterocycles. The smallest absolute Gasteiger partial charge is 0.320 e. The molecule has 2 atom stereocenters. The number of carboxylic acids is 1. The Balaban J connectivity index is 2.49. The zero-order chi connectivity index (χ0) is 15.1. The molecule has 6 heteroatoms. The molecule has 0 saturated carbocycles. The van der Waals surface area contributed by atoms with Crippen LogP contribution in [-0.2, 0) is 4.79 Å². The van der Waals surface area contributed by atoms with Crippen LogP contribution in [0.5, 0.6) is 0 Å². The van der Waals surface area contributed by atoms with Crippen LogP contribution in [0, 0.1) is 5.92 Å². The molecule has 0 radical (unpaired) electrons. The highest BCUT2D eigenvalue weighted by Gasteiger charge is 2.27. The lowest BCUT2D eigenvalue weighted by Gasteiger charge is -2.37. The molecule has 2 amide bonds. The molecule has 0 bridgehead atoms. The first-order chi connectivity index (χ1) is 9.45. The van der Waals surface area contributed by atoms with Gasteiger partial charge in [0, 0.05) is 38.4 Å². The molecule has 0 aromatic carbocycles. The van der Waals surface area contributed by atoms with E-state index in [1.54, 1.807) is 16.7 Å². The minimum Gasteiger partial charge on any atom is -0.481 e. The van der Waals surface area contributed by atoms with Gasteiger partial charge < -0.3 is 14.9 Å². The topological polar surface area (TPSA) is 60.9 Å². The standard InChI is InChI=1S/C14H26N2O3S/c1-11(10-20-3)15(2)14(19)16-8-4-5-12(9-16)6-7-13(17)18/h11-12H,4-10H2,1-3H3,(H,17,18). The Bertz CT molecular complexity index is 338. The molecule has 0 aromatic heterocycles. The van der Waals surface area contributed by atoms with Gasteiger partial charge in [-0.2, -0.15) is 11.8 Å². The van der Waals surface area contributed by atoms with Crippen molar-refractivity contribution in [3.05, 3.63) is 0 Å². The highest BCUT2D eigenvalue weighted by atomic mass is 32.2. The van der Waals surface area contributed by atoms with E-state index in [1.807, 2.05) is 18.2 Å². The summed E-state index contributed by atoms with van der Waals surface area (Å²) >= 11 is 1.74. The normalized spacial score (nSPS) is 20.6. The first-order valence-corrected chi connectivity index (χ1v) is 8.57. The van der Waals surface area contributed by atoms with Gasteiger partial charge >= 0.3 is 12.0 Å². The van der Waals surface area contributed by atoms with Crippen LogP contribution in [0.2, 0.25) is 0 Å². The highest BCUT2D eigenvalue weighted by molar-refractivity contribution is 7.98. The number of rotatable bonds is 6. The number of piperidine rings is 1. The van der Waals surface area contributed by atoms with Crippen molar-refractivity contribution in [1.82, 2.24) is 9.80 Å². The van der Waals surface area contributed by atoms with E-state index >= 15 is 0 Å². The van der Waals surface area contributed by atoms with E-state index in [0.717, 1.165) is 25.1 Å². The molecule has 1 aliphatic rings. The van der Waals surface area contributed by atoms with Gasteiger partial charge in [0.05, 0.1) is 0 Å². The predicted molar refractivity (Wildman–Crippen MR) is 82.2 cm³/mol. The number of nitrogens with zero attached hydrogens (tertiary/aromatic N) is 2. The number of carbonyl (C=O) groups is 2. The lowest BCUT2D eigenvalue weighted by atomic mass is 9.93. The number of hydrogen-bond donors (Lipinski definition) is 1. The lowest BCUT2D eigenvalue weighted by molar-refractivity contribution is -0.137. The van der Waals surface area contributed by atoms with Crippen molar-refractivity contribution in [2.24, 2.45) is 5.92 Å². The van der Waals surface area contributed by atoms with Crippen molar-refractivity contribution in [2.45, 2.75) is 38.6 Å². The van der Waals surface area contributed by atoms with Gasteiger partial charge in [-0.3, -0.25) is 4.79 Å². The fourth-order valence-electron chi connectivity index (χ4n) is 2.57. The van der Waals surface area contributed by atoms with Crippen molar-refractivity contribution in [2.75, 3.05) is 32.1 Å². The van der Waals surface area contributed by atoms with Crippen molar-refractivity contribution < 1.29 is 14.7 Å². The Morgan fingerprint density at radius 1 is 1.50 bits per heavy atom. The number of aliphatic carboxylic acids is 1. The molecule has 116 valence electrons. The first kappa shape index (κ1) is 17.1. The summed E-state index contributed by atoms with van der Waals surface area (Å²) in [6.07, 6.45) is 4.91. The van der Waals surface area contributed by atoms with Gasteiger partial charge in [0.1, 0.15) is 0 Å². The number of amides is 2. The molecular weight excluding hydrogens is 276 g/mol. The van der Waals surface area contributed by atoms with E-state index in [-0.39, 0.29) is 18.5 Å². The number of hydrogen-bond acceptors (Lipinski definition) is 3. The summed E-state index contributed by atoms with van der Waals surface area (Å²) in [4.78, 5) is 26.7. The van der Waals surface area contributed by atoms with E-state index in [2.05, 4.69) is 6.92 Å². The van der Waals surface area contributed by atoms with E-state index in [1.165, 1.54) is 0 Å². The number of urea groups is 1. The Morgan fingerprint density at radius 2 is 2.20 bits per heavy atom. The first-order valence-electron chi connectivity index (χ1n) is 7.18. The summed E-state index contributed by atoms with van der Waals surface area (Å²) in [7, 11) is 1.85. The summed E-state index contributed by atoms with van der Waals surface area (Å²) in [6.45, 7) is 3.54. The van der Waals surface area contributed by atoms with Gasteiger partial charge in [-0.25, -0.2) is 4.79 Å². The maximum atomic E-state index is 12.4. The van der Waals surface area contributed by atoms with Gasteiger partial charge in [0.15, 0.2) is 0 Å². The Labute approximate surface area is 125 Å². The van der Waals surface area contributed by atoms with Crippen molar-refractivity contribution in [1.29, 1.82) is 0 Å². The van der Waals surface area contributed by atoms with E-state index in [9.17, 15) is 9.59 Å². The van der Waals surface area contributed by atoms with Crippen molar-refractivity contribution in [3.63, 3.8) is 0 Å². The minimum absolute atomic E-state index is 0.0755. The quantitative estimate of drug-likeness (QED) is 0.818. The Kier molecular flexibility index (Phi) is 7.19. The van der Waals surface area contributed by atoms with E-state index in [4.69, 9.17) is 5.11 Å². The van der Waals surface area contributed by atoms with Gasteiger partial charge in [-0.1, -0.05) is 0 Å². The van der Waals surface area contributed by atoms with Crippen LogP contribution in [0.1, 0.15) is 32.6 Å². The van der Waals surface area contributed by atoms with Crippen LogP contribution < -0.4 is 0 Å². The zero-order valence-electron chi connectivity index (χ0n) is 12.7.